The monoisotopic (exact) mass is 274 g/mol. The molecule has 7 heteroatoms. The minimum atomic E-state index is -0.452. The summed E-state index contributed by atoms with van der Waals surface area (Å²) in [5.74, 6) is 0.688. The first-order valence-corrected chi connectivity index (χ1v) is 5.81. The number of anilines is 2. The van der Waals surface area contributed by atoms with Crippen molar-refractivity contribution in [2.24, 2.45) is 0 Å². The molecule has 7 nitrogen and oxygen atoms in total. The van der Waals surface area contributed by atoms with Gasteiger partial charge in [0.25, 0.3) is 0 Å². The zero-order valence-electron chi connectivity index (χ0n) is 11.1. The second kappa shape index (κ2) is 6.37. The number of methoxy groups -OCH3 is 2. The van der Waals surface area contributed by atoms with Crippen molar-refractivity contribution in [1.82, 2.24) is 9.97 Å². The summed E-state index contributed by atoms with van der Waals surface area (Å²) in [6.07, 6.45) is 0. The van der Waals surface area contributed by atoms with Crippen molar-refractivity contribution in [3.63, 3.8) is 0 Å². The number of ether oxygens (including phenoxy) is 2. The lowest BCUT2D eigenvalue weighted by Gasteiger charge is -2.08. The molecule has 1 aromatic carbocycles. The predicted molar refractivity (Wildman–Crippen MR) is 74.2 cm³/mol. The fraction of sp³-hybridized carbons (Fsp3) is 0.154. The molecule has 104 valence electrons. The third-order valence-corrected chi connectivity index (χ3v) is 2.35. The van der Waals surface area contributed by atoms with Crippen LogP contribution in [0.2, 0.25) is 0 Å². The van der Waals surface area contributed by atoms with Gasteiger partial charge in [-0.3, -0.25) is 5.32 Å². The Morgan fingerprint density at radius 1 is 1.00 bits per heavy atom. The Morgan fingerprint density at radius 2 is 1.60 bits per heavy atom. The third kappa shape index (κ3) is 3.58. The highest BCUT2D eigenvalue weighted by molar-refractivity contribution is 5.98. The summed E-state index contributed by atoms with van der Waals surface area (Å²) in [4.78, 5) is 19.8. The molecule has 0 saturated heterocycles. The number of carbonyl (C=O) groups excluding carboxylic acids is 1. The lowest BCUT2D eigenvalue weighted by atomic mass is 10.3. The van der Waals surface area contributed by atoms with Crippen molar-refractivity contribution >= 4 is 17.7 Å². The molecular weight excluding hydrogens is 260 g/mol. The van der Waals surface area contributed by atoms with Crippen molar-refractivity contribution in [1.29, 1.82) is 0 Å². The molecule has 2 N–H and O–H groups in total. The van der Waals surface area contributed by atoms with Crippen LogP contribution in [-0.4, -0.2) is 30.2 Å². The molecule has 0 aliphatic carbocycles. The van der Waals surface area contributed by atoms with E-state index < -0.39 is 6.03 Å². The van der Waals surface area contributed by atoms with Gasteiger partial charge < -0.3 is 14.8 Å². The van der Waals surface area contributed by atoms with Gasteiger partial charge in [0.05, 0.1) is 20.3 Å². The van der Waals surface area contributed by atoms with Crippen LogP contribution in [0.5, 0.6) is 11.8 Å². The lowest BCUT2D eigenvalue weighted by Crippen LogP contribution is -2.21. The standard InChI is InChI=1S/C13H14N4O3/c1-19-10-8-11(20-2)16-12(15-10)17-13(18)14-9-6-4-3-5-7-9/h3-8H,1-2H3,(H2,14,15,16,17,18). The molecule has 0 bridgehead atoms. The Kier molecular flexibility index (Phi) is 4.33. The number of para-hydroxylation sites is 1. The molecule has 0 radical (unpaired) electrons. The lowest BCUT2D eigenvalue weighted by molar-refractivity contribution is 0.262. The summed E-state index contributed by atoms with van der Waals surface area (Å²) >= 11 is 0. The molecule has 0 saturated carbocycles. The Hall–Kier alpha value is -2.83. The summed E-state index contributed by atoms with van der Waals surface area (Å²) in [5.41, 5.74) is 0.667. The second-order valence-corrected chi connectivity index (χ2v) is 3.72. The summed E-state index contributed by atoms with van der Waals surface area (Å²) < 4.78 is 9.99. The molecule has 0 aliphatic rings. The minimum Gasteiger partial charge on any atom is -0.481 e. The van der Waals surface area contributed by atoms with E-state index in [0.29, 0.717) is 17.4 Å². The average Bonchev–Trinajstić information content (AvgIpc) is 2.47. The highest BCUT2D eigenvalue weighted by Gasteiger charge is 2.09. The smallest absolute Gasteiger partial charge is 0.326 e. The second-order valence-electron chi connectivity index (χ2n) is 3.72. The maximum atomic E-state index is 11.8. The van der Waals surface area contributed by atoms with E-state index in [9.17, 15) is 4.79 Å². The predicted octanol–water partition coefficient (Wildman–Crippen LogP) is 2.14. The van der Waals surface area contributed by atoms with E-state index in [2.05, 4.69) is 20.6 Å². The van der Waals surface area contributed by atoms with Crippen LogP contribution in [0.1, 0.15) is 0 Å². The van der Waals surface area contributed by atoms with Crippen LogP contribution in [0.4, 0.5) is 16.4 Å². The zero-order chi connectivity index (χ0) is 14.4. The van der Waals surface area contributed by atoms with Crippen molar-refractivity contribution < 1.29 is 14.3 Å². The maximum absolute atomic E-state index is 11.8. The molecule has 2 amide bonds. The first-order chi connectivity index (χ1) is 9.71. The Morgan fingerprint density at radius 3 is 2.15 bits per heavy atom. The van der Waals surface area contributed by atoms with Gasteiger partial charge in [-0.1, -0.05) is 18.2 Å². The van der Waals surface area contributed by atoms with Crippen LogP contribution >= 0.6 is 0 Å². The van der Waals surface area contributed by atoms with Crippen molar-refractivity contribution in [3.05, 3.63) is 36.4 Å². The largest absolute Gasteiger partial charge is 0.481 e. The third-order valence-electron chi connectivity index (χ3n) is 2.35. The van der Waals surface area contributed by atoms with Gasteiger partial charge in [0.15, 0.2) is 0 Å². The molecule has 0 fully saturated rings. The van der Waals surface area contributed by atoms with E-state index >= 15 is 0 Å². The summed E-state index contributed by atoms with van der Waals surface area (Å²) in [5, 5.41) is 5.16. The minimum absolute atomic E-state index is 0.0923. The van der Waals surface area contributed by atoms with Gasteiger partial charge in [-0.05, 0) is 12.1 Å². The van der Waals surface area contributed by atoms with Gasteiger partial charge in [-0.2, -0.15) is 9.97 Å². The van der Waals surface area contributed by atoms with Crippen LogP contribution in [0.15, 0.2) is 36.4 Å². The van der Waals surface area contributed by atoms with E-state index in [1.54, 1.807) is 12.1 Å². The number of urea groups is 1. The van der Waals surface area contributed by atoms with Crippen LogP contribution in [-0.2, 0) is 0 Å². The van der Waals surface area contributed by atoms with Crippen LogP contribution < -0.4 is 20.1 Å². The maximum Gasteiger partial charge on any atom is 0.326 e. The molecule has 0 spiro atoms. The SMILES string of the molecule is COc1cc(OC)nc(NC(=O)Nc2ccccc2)n1. The summed E-state index contributed by atoms with van der Waals surface area (Å²) in [6, 6.07) is 10.1. The quantitative estimate of drug-likeness (QED) is 0.892. The number of nitrogens with zero attached hydrogens (tertiary/aromatic N) is 2. The van der Waals surface area contributed by atoms with Crippen molar-refractivity contribution in [2.45, 2.75) is 0 Å². The zero-order valence-corrected chi connectivity index (χ0v) is 11.1. The van der Waals surface area contributed by atoms with Gasteiger partial charge in [0.1, 0.15) is 0 Å². The number of hydrogen-bond acceptors (Lipinski definition) is 5. The first-order valence-electron chi connectivity index (χ1n) is 5.81. The molecular formula is C13H14N4O3. The summed E-state index contributed by atoms with van der Waals surface area (Å²) in [6.45, 7) is 0. The molecule has 0 unspecified atom stereocenters. The van der Waals surface area contributed by atoms with Gasteiger partial charge in [-0.15, -0.1) is 0 Å². The number of aromatic nitrogens is 2. The average molecular weight is 274 g/mol. The number of rotatable bonds is 4. The molecule has 0 atom stereocenters. The van der Waals surface area contributed by atoms with Gasteiger partial charge in [0.2, 0.25) is 17.7 Å². The Balaban J connectivity index is 2.07. The van der Waals surface area contributed by atoms with Gasteiger partial charge in [0, 0.05) is 5.69 Å². The number of carbonyl (C=O) groups is 1. The van der Waals surface area contributed by atoms with E-state index in [1.807, 2.05) is 18.2 Å². The van der Waals surface area contributed by atoms with Crippen LogP contribution in [0.25, 0.3) is 0 Å². The van der Waals surface area contributed by atoms with E-state index in [-0.39, 0.29) is 5.95 Å². The molecule has 1 aromatic heterocycles. The van der Waals surface area contributed by atoms with Crippen molar-refractivity contribution in [2.75, 3.05) is 24.9 Å². The van der Waals surface area contributed by atoms with Gasteiger partial charge >= 0.3 is 6.03 Å². The summed E-state index contributed by atoms with van der Waals surface area (Å²) in [7, 11) is 2.94. The fourth-order valence-corrected chi connectivity index (χ4v) is 1.45. The van der Waals surface area contributed by atoms with E-state index in [0.717, 1.165) is 0 Å². The molecule has 2 rings (SSSR count). The first kappa shape index (κ1) is 13.6. The number of hydrogen-bond donors (Lipinski definition) is 2. The van der Waals surface area contributed by atoms with Crippen LogP contribution in [0, 0.1) is 0 Å². The Labute approximate surface area is 116 Å². The van der Waals surface area contributed by atoms with E-state index in [4.69, 9.17) is 9.47 Å². The number of amides is 2. The number of benzene rings is 1. The topological polar surface area (TPSA) is 85.4 Å². The highest BCUT2D eigenvalue weighted by Crippen LogP contribution is 2.17. The molecule has 0 aliphatic heterocycles. The Bertz CT molecular complexity index is 567. The normalized spacial score (nSPS) is 9.70. The van der Waals surface area contributed by atoms with Crippen LogP contribution in [0.3, 0.4) is 0 Å². The highest BCUT2D eigenvalue weighted by atomic mass is 16.5. The molecule has 1 heterocycles. The van der Waals surface area contributed by atoms with Gasteiger partial charge in [-0.25, -0.2) is 4.79 Å². The number of nitrogens with one attached hydrogen (secondary N) is 2. The molecule has 2 aromatic rings. The van der Waals surface area contributed by atoms with Crippen molar-refractivity contribution in [3.8, 4) is 11.8 Å². The van der Waals surface area contributed by atoms with E-state index in [1.165, 1.54) is 20.3 Å². The molecule has 20 heavy (non-hydrogen) atoms. The fourth-order valence-electron chi connectivity index (χ4n) is 1.45.